The number of piperidine rings is 1. The van der Waals surface area contributed by atoms with Gasteiger partial charge in [-0.15, -0.1) is 0 Å². The summed E-state index contributed by atoms with van der Waals surface area (Å²) in [7, 11) is 0. The standard InChI is InChI=1S/C18H26N4O.C2HF3O2/c1-8-19-17(20-9-1)22-10-6-18(7-11-22)4-2-16(3-5-18)21-12-14-23-15-13-21;3-2(4,5)1(6)7/h1-2,4,8-9,16H,3,5-7,10-15H2;(H,6,7). The molecule has 10 heteroatoms. The van der Waals surface area contributed by atoms with E-state index in [1.54, 1.807) is 0 Å². The molecule has 0 saturated carbocycles. The summed E-state index contributed by atoms with van der Waals surface area (Å²) in [5.41, 5.74) is 0.411. The average Bonchev–Trinajstić information content (AvgIpc) is 2.76. The minimum atomic E-state index is -5.08. The van der Waals surface area contributed by atoms with E-state index in [0.29, 0.717) is 11.5 Å². The number of nitrogens with zero attached hydrogens (tertiary/aromatic N) is 4. The Morgan fingerprint density at radius 1 is 1.10 bits per heavy atom. The largest absolute Gasteiger partial charge is 0.490 e. The summed E-state index contributed by atoms with van der Waals surface area (Å²) in [5, 5.41) is 7.12. The van der Waals surface area contributed by atoms with Gasteiger partial charge in [-0.25, -0.2) is 14.8 Å². The lowest BCUT2D eigenvalue weighted by molar-refractivity contribution is -0.192. The molecule has 1 aromatic heterocycles. The zero-order valence-electron chi connectivity index (χ0n) is 16.7. The van der Waals surface area contributed by atoms with E-state index in [4.69, 9.17) is 14.6 Å². The molecule has 30 heavy (non-hydrogen) atoms. The van der Waals surface area contributed by atoms with Crippen LogP contribution < -0.4 is 4.90 Å². The van der Waals surface area contributed by atoms with E-state index < -0.39 is 12.1 Å². The van der Waals surface area contributed by atoms with Crippen molar-refractivity contribution in [3.05, 3.63) is 30.6 Å². The van der Waals surface area contributed by atoms with E-state index in [1.807, 2.05) is 18.5 Å². The molecule has 4 rings (SSSR count). The van der Waals surface area contributed by atoms with Gasteiger partial charge in [-0.1, -0.05) is 12.2 Å². The summed E-state index contributed by atoms with van der Waals surface area (Å²) < 4.78 is 37.2. The van der Waals surface area contributed by atoms with Gasteiger partial charge in [-0.2, -0.15) is 13.2 Å². The number of allylic oxidation sites excluding steroid dienone is 1. The van der Waals surface area contributed by atoms with Gasteiger partial charge in [0.1, 0.15) is 0 Å². The first kappa shape index (κ1) is 22.5. The van der Waals surface area contributed by atoms with Crippen LogP contribution in [-0.2, 0) is 9.53 Å². The topological polar surface area (TPSA) is 78.8 Å². The number of ether oxygens (including phenoxy) is 1. The van der Waals surface area contributed by atoms with Gasteiger partial charge in [-0.3, -0.25) is 4.90 Å². The summed E-state index contributed by atoms with van der Waals surface area (Å²) in [5.74, 6) is -1.87. The first-order chi connectivity index (χ1) is 14.3. The fourth-order valence-electron chi connectivity index (χ4n) is 4.17. The van der Waals surface area contributed by atoms with Gasteiger partial charge >= 0.3 is 12.1 Å². The maximum Gasteiger partial charge on any atom is 0.490 e. The molecule has 3 heterocycles. The van der Waals surface area contributed by atoms with Crippen molar-refractivity contribution in [2.75, 3.05) is 44.3 Å². The zero-order chi connectivity index (χ0) is 21.6. The van der Waals surface area contributed by atoms with Crippen LogP contribution >= 0.6 is 0 Å². The van der Waals surface area contributed by atoms with Crippen molar-refractivity contribution in [1.82, 2.24) is 14.9 Å². The van der Waals surface area contributed by atoms with Gasteiger partial charge in [0.05, 0.1) is 13.2 Å². The number of aromatic nitrogens is 2. The molecule has 0 aromatic carbocycles. The summed E-state index contributed by atoms with van der Waals surface area (Å²) in [6, 6.07) is 2.50. The summed E-state index contributed by atoms with van der Waals surface area (Å²) in [6.07, 6.45) is 8.63. The minimum absolute atomic E-state index is 0.411. The normalized spacial score (nSPS) is 24.2. The Morgan fingerprint density at radius 3 is 2.20 bits per heavy atom. The Morgan fingerprint density at radius 2 is 1.70 bits per heavy atom. The number of halogens is 3. The molecule has 2 fully saturated rings. The summed E-state index contributed by atoms with van der Waals surface area (Å²) in [6.45, 7) is 6.08. The van der Waals surface area contributed by atoms with E-state index in [9.17, 15) is 13.2 Å². The number of anilines is 1. The molecule has 2 saturated heterocycles. The van der Waals surface area contributed by atoms with Gasteiger partial charge in [0.2, 0.25) is 5.95 Å². The number of aliphatic carboxylic acids is 1. The number of carboxylic acid groups (broad SMARTS) is 1. The van der Waals surface area contributed by atoms with Crippen molar-refractivity contribution in [2.45, 2.75) is 37.9 Å². The number of carboxylic acids is 1. The molecule has 1 unspecified atom stereocenters. The number of hydrogen-bond acceptors (Lipinski definition) is 6. The Balaban J connectivity index is 0.000000318. The molecule has 2 aliphatic heterocycles. The molecule has 0 amide bonds. The van der Waals surface area contributed by atoms with Gasteiger partial charge in [-0.05, 0) is 37.2 Å². The Hall–Kier alpha value is -2.20. The second-order valence-electron chi connectivity index (χ2n) is 7.81. The quantitative estimate of drug-likeness (QED) is 0.726. The maximum atomic E-state index is 10.6. The second-order valence-corrected chi connectivity index (χ2v) is 7.81. The van der Waals surface area contributed by atoms with Crippen LogP contribution in [0.1, 0.15) is 25.7 Å². The predicted octanol–water partition coefficient (Wildman–Crippen LogP) is 2.75. The van der Waals surface area contributed by atoms with Crippen LogP contribution in [0.15, 0.2) is 30.6 Å². The Labute approximate surface area is 173 Å². The number of hydrogen-bond donors (Lipinski definition) is 1. The van der Waals surface area contributed by atoms with E-state index in [-0.39, 0.29) is 0 Å². The van der Waals surface area contributed by atoms with Crippen molar-refractivity contribution in [1.29, 1.82) is 0 Å². The number of morpholine rings is 1. The zero-order valence-corrected chi connectivity index (χ0v) is 16.7. The van der Waals surface area contributed by atoms with Crippen molar-refractivity contribution in [3.63, 3.8) is 0 Å². The highest BCUT2D eigenvalue weighted by molar-refractivity contribution is 5.73. The molecule has 1 atom stereocenters. The average molecular weight is 428 g/mol. The van der Waals surface area contributed by atoms with Crippen LogP contribution in [0.2, 0.25) is 0 Å². The van der Waals surface area contributed by atoms with E-state index >= 15 is 0 Å². The van der Waals surface area contributed by atoms with Crippen LogP contribution in [0.3, 0.4) is 0 Å². The summed E-state index contributed by atoms with van der Waals surface area (Å²) >= 11 is 0. The highest BCUT2D eigenvalue weighted by atomic mass is 19.4. The van der Waals surface area contributed by atoms with E-state index in [2.05, 4.69) is 31.9 Å². The lowest BCUT2D eigenvalue weighted by atomic mass is 9.71. The molecular weight excluding hydrogens is 401 g/mol. The van der Waals surface area contributed by atoms with Gasteiger partial charge < -0.3 is 14.7 Å². The van der Waals surface area contributed by atoms with E-state index in [1.165, 1.54) is 25.7 Å². The molecule has 1 aliphatic carbocycles. The first-order valence-corrected chi connectivity index (χ1v) is 10.1. The van der Waals surface area contributed by atoms with Crippen molar-refractivity contribution >= 4 is 11.9 Å². The van der Waals surface area contributed by atoms with Crippen LogP contribution in [0.5, 0.6) is 0 Å². The van der Waals surface area contributed by atoms with Crippen LogP contribution in [-0.4, -0.2) is 77.6 Å². The highest BCUT2D eigenvalue weighted by Gasteiger charge is 2.38. The first-order valence-electron chi connectivity index (χ1n) is 10.1. The van der Waals surface area contributed by atoms with Crippen molar-refractivity contribution in [3.8, 4) is 0 Å². The molecule has 7 nitrogen and oxygen atoms in total. The monoisotopic (exact) mass is 428 g/mol. The summed E-state index contributed by atoms with van der Waals surface area (Å²) in [4.78, 5) is 22.6. The smallest absolute Gasteiger partial charge is 0.475 e. The van der Waals surface area contributed by atoms with Gasteiger partial charge in [0.25, 0.3) is 0 Å². The Kier molecular flexibility index (Phi) is 7.30. The molecule has 166 valence electrons. The van der Waals surface area contributed by atoms with Crippen molar-refractivity contribution in [2.24, 2.45) is 5.41 Å². The number of alkyl halides is 3. The predicted molar refractivity (Wildman–Crippen MR) is 104 cm³/mol. The SMILES string of the molecule is C1=CC2(CCC1N1CCOCC1)CCN(c1ncccn1)CC2.O=C(O)C(F)(F)F. The molecule has 0 bridgehead atoms. The van der Waals surface area contributed by atoms with Crippen LogP contribution in [0.4, 0.5) is 19.1 Å². The van der Waals surface area contributed by atoms with Crippen LogP contribution in [0, 0.1) is 5.41 Å². The molecule has 3 aliphatic rings. The second kappa shape index (κ2) is 9.74. The fourth-order valence-corrected chi connectivity index (χ4v) is 4.17. The molecular formula is C20H27F3N4O3. The lowest BCUT2D eigenvalue weighted by Gasteiger charge is -2.44. The molecule has 0 radical (unpaired) electrons. The van der Waals surface area contributed by atoms with Crippen molar-refractivity contribution < 1.29 is 27.8 Å². The number of rotatable bonds is 2. The van der Waals surface area contributed by atoms with Crippen LogP contribution in [0.25, 0.3) is 0 Å². The Bertz CT molecular complexity index is 716. The maximum absolute atomic E-state index is 10.6. The third-order valence-corrected chi connectivity index (χ3v) is 5.96. The fraction of sp³-hybridized carbons (Fsp3) is 0.650. The van der Waals surface area contributed by atoms with Gasteiger partial charge in [0.15, 0.2) is 0 Å². The highest BCUT2D eigenvalue weighted by Crippen LogP contribution is 2.42. The lowest BCUT2D eigenvalue weighted by Crippen LogP contribution is -2.46. The minimum Gasteiger partial charge on any atom is -0.475 e. The van der Waals surface area contributed by atoms with E-state index in [0.717, 1.165) is 45.3 Å². The molecule has 1 spiro atoms. The third-order valence-electron chi connectivity index (χ3n) is 5.96. The third kappa shape index (κ3) is 5.91. The molecule has 1 aromatic rings. The number of carbonyl (C=O) groups is 1. The molecule has 1 N–H and O–H groups in total. The van der Waals surface area contributed by atoms with Gasteiger partial charge in [0, 0.05) is 44.6 Å².